The number of para-hydroxylation sites is 1. The first kappa shape index (κ1) is 30.9. The molecule has 0 amide bonds. The van der Waals surface area contributed by atoms with E-state index in [0.717, 1.165) is 34.5 Å². The highest BCUT2D eigenvalue weighted by Crippen LogP contribution is 2.25. The number of rotatable bonds is 9. The van der Waals surface area contributed by atoms with E-state index in [9.17, 15) is 18.0 Å². The SMILES string of the molecule is CC(=O)OCSC(=Nc1c(C)cccc1C)N/N=C\c1ccc(C(N)=NC=Nc2ccc(OC(F)(F)F)cc2)cc1. The number of carbonyl (C=O) groups excluding carboxylic acids is 1. The molecule has 0 atom stereocenters. The van der Waals surface area contributed by atoms with Gasteiger partial charge in [0.25, 0.3) is 0 Å². The van der Waals surface area contributed by atoms with Crippen molar-refractivity contribution in [2.75, 3.05) is 5.94 Å². The topological polar surface area (TPSA) is 123 Å². The van der Waals surface area contributed by atoms with E-state index in [-0.39, 0.29) is 17.5 Å². The molecular weight excluding hydrogens is 557 g/mol. The predicted molar refractivity (Wildman–Crippen MR) is 156 cm³/mol. The van der Waals surface area contributed by atoms with E-state index in [1.165, 1.54) is 37.2 Å². The van der Waals surface area contributed by atoms with Crippen molar-refractivity contribution in [3.05, 3.63) is 89.0 Å². The second-order valence-electron chi connectivity index (χ2n) is 8.35. The van der Waals surface area contributed by atoms with Crippen LogP contribution >= 0.6 is 11.8 Å². The van der Waals surface area contributed by atoms with Gasteiger partial charge in [0.1, 0.15) is 23.9 Å². The van der Waals surface area contributed by atoms with Gasteiger partial charge in [-0.2, -0.15) is 5.10 Å². The van der Waals surface area contributed by atoms with Gasteiger partial charge in [0.2, 0.25) is 0 Å². The molecule has 0 aliphatic heterocycles. The number of alkyl halides is 3. The first-order chi connectivity index (χ1) is 19.5. The number of benzene rings is 3. The summed E-state index contributed by atoms with van der Waals surface area (Å²) in [5, 5.41) is 4.71. The number of nitrogens with one attached hydrogen (secondary N) is 1. The summed E-state index contributed by atoms with van der Waals surface area (Å²) in [7, 11) is 0. The Kier molecular flexibility index (Phi) is 11.0. The van der Waals surface area contributed by atoms with Crippen molar-refractivity contribution in [2.24, 2.45) is 25.8 Å². The Labute approximate surface area is 239 Å². The number of esters is 1. The number of nitrogens with two attached hydrogens (primary N) is 1. The lowest BCUT2D eigenvalue weighted by molar-refractivity contribution is -0.274. The van der Waals surface area contributed by atoms with Gasteiger partial charge in [0.05, 0.1) is 17.6 Å². The molecule has 214 valence electrons. The minimum absolute atomic E-state index is 0.0794. The Morgan fingerprint density at radius 1 is 1.02 bits per heavy atom. The standard InChI is InChI=1S/C28H27F3N6O3S/c1-18-5-4-6-19(2)25(18)36-27(41-17-39-20(3)38)37-35-15-21-7-9-22(10-8-21)26(32)34-16-33-23-11-13-24(14-12-23)40-28(29,30)31/h4-16H,17H2,1-3H3,(H,36,37)(H2,32,33,34)/b35-15-. The minimum Gasteiger partial charge on any atom is -0.454 e. The molecule has 0 bridgehead atoms. The van der Waals surface area contributed by atoms with Gasteiger partial charge in [-0.3, -0.25) is 10.2 Å². The average molecular weight is 585 g/mol. The minimum atomic E-state index is -4.76. The highest BCUT2D eigenvalue weighted by Gasteiger charge is 2.30. The van der Waals surface area contributed by atoms with Crippen LogP contribution in [0.1, 0.15) is 29.2 Å². The summed E-state index contributed by atoms with van der Waals surface area (Å²) in [6.45, 7) is 5.25. The maximum absolute atomic E-state index is 12.3. The molecule has 41 heavy (non-hydrogen) atoms. The van der Waals surface area contributed by atoms with Crippen molar-refractivity contribution in [3.8, 4) is 5.75 Å². The zero-order valence-electron chi connectivity index (χ0n) is 22.3. The van der Waals surface area contributed by atoms with Crippen molar-refractivity contribution in [3.63, 3.8) is 0 Å². The van der Waals surface area contributed by atoms with Gasteiger partial charge in [-0.05, 0) is 66.6 Å². The van der Waals surface area contributed by atoms with Crippen molar-refractivity contribution in [1.82, 2.24) is 5.43 Å². The fraction of sp³-hybridized carbons (Fsp3) is 0.179. The Hall–Kier alpha value is -4.65. The molecule has 0 aliphatic rings. The normalized spacial score (nSPS) is 12.6. The van der Waals surface area contributed by atoms with Crippen molar-refractivity contribution in [2.45, 2.75) is 27.1 Å². The van der Waals surface area contributed by atoms with E-state index in [0.29, 0.717) is 16.4 Å². The Bertz CT molecular complexity index is 1430. The van der Waals surface area contributed by atoms with Crippen LogP contribution in [-0.4, -0.2) is 41.8 Å². The van der Waals surface area contributed by atoms with Crippen molar-refractivity contribution in [1.29, 1.82) is 0 Å². The summed E-state index contributed by atoms with van der Waals surface area (Å²) < 4.78 is 45.6. The smallest absolute Gasteiger partial charge is 0.454 e. The highest BCUT2D eigenvalue weighted by atomic mass is 32.2. The lowest BCUT2D eigenvalue weighted by Crippen LogP contribution is -2.16. The van der Waals surface area contributed by atoms with Crippen molar-refractivity contribution < 1.29 is 27.4 Å². The fourth-order valence-corrected chi connectivity index (χ4v) is 3.82. The van der Waals surface area contributed by atoms with E-state index in [2.05, 4.69) is 30.2 Å². The first-order valence-corrected chi connectivity index (χ1v) is 13.0. The predicted octanol–water partition coefficient (Wildman–Crippen LogP) is 6.13. The number of carbonyl (C=O) groups is 1. The van der Waals surface area contributed by atoms with Crippen molar-refractivity contribution >= 4 is 52.7 Å². The molecule has 0 radical (unpaired) electrons. The van der Waals surface area contributed by atoms with Gasteiger partial charge in [-0.1, -0.05) is 42.5 Å². The summed E-state index contributed by atoms with van der Waals surface area (Å²) in [5.74, 6) is -0.466. The van der Waals surface area contributed by atoms with Gasteiger partial charge < -0.3 is 15.2 Å². The number of hydrogen-bond donors (Lipinski definition) is 2. The number of aliphatic imine (C=N–C) groups is 3. The molecule has 0 saturated heterocycles. The van der Waals surface area contributed by atoms with Crippen LogP contribution in [0.2, 0.25) is 0 Å². The Balaban J connectivity index is 1.63. The molecule has 3 aromatic rings. The van der Waals surface area contributed by atoms with Gasteiger partial charge in [0, 0.05) is 12.5 Å². The molecule has 9 nitrogen and oxygen atoms in total. The van der Waals surface area contributed by atoms with E-state index >= 15 is 0 Å². The van der Waals surface area contributed by atoms with Gasteiger partial charge in [0.15, 0.2) is 5.17 Å². The highest BCUT2D eigenvalue weighted by molar-refractivity contribution is 8.13. The number of halogens is 3. The van der Waals surface area contributed by atoms with Crippen LogP contribution in [0.3, 0.4) is 0 Å². The number of amidine groups is 2. The first-order valence-electron chi connectivity index (χ1n) is 12.0. The third kappa shape index (κ3) is 10.8. The second-order valence-corrected chi connectivity index (χ2v) is 9.26. The van der Waals surface area contributed by atoms with Crippen LogP contribution in [0.25, 0.3) is 0 Å². The molecule has 0 fully saturated rings. The third-order valence-electron chi connectivity index (χ3n) is 5.16. The Morgan fingerprint density at radius 2 is 1.68 bits per heavy atom. The number of nitrogens with zero attached hydrogens (tertiary/aromatic N) is 4. The summed E-state index contributed by atoms with van der Waals surface area (Å²) in [5.41, 5.74) is 13.5. The van der Waals surface area contributed by atoms with Crippen LogP contribution in [-0.2, 0) is 9.53 Å². The number of hydrazone groups is 1. The van der Waals surface area contributed by atoms with Crippen LogP contribution < -0.4 is 15.9 Å². The zero-order valence-corrected chi connectivity index (χ0v) is 23.2. The number of hydrogen-bond acceptors (Lipinski definition) is 7. The zero-order chi connectivity index (χ0) is 29.8. The fourth-order valence-electron chi connectivity index (χ4n) is 3.21. The third-order valence-corrected chi connectivity index (χ3v) is 5.86. The summed E-state index contributed by atoms with van der Waals surface area (Å²) >= 11 is 1.20. The monoisotopic (exact) mass is 584 g/mol. The lowest BCUT2D eigenvalue weighted by Gasteiger charge is -2.09. The molecule has 0 aromatic heterocycles. The largest absolute Gasteiger partial charge is 0.573 e. The molecule has 0 heterocycles. The Morgan fingerprint density at radius 3 is 2.29 bits per heavy atom. The van der Waals surface area contributed by atoms with E-state index in [4.69, 9.17) is 10.5 Å². The van der Waals surface area contributed by atoms with Crippen LogP contribution in [0.15, 0.2) is 86.8 Å². The lowest BCUT2D eigenvalue weighted by atomic mass is 10.1. The molecule has 0 saturated carbocycles. The molecule has 3 rings (SSSR count). The molecule has 0 unspecified atom stereocenters. The molecule has 13 heteroatoms. The summed E-state index contributed by atoms with van der Waals surface area (Å²) in [6, 6.07) is 18.0. The quantitative estimate of drug-likeness (QED) is 0.103. The summed E-state index contributed by atoms with van der Waals surface area (Å²) in [6.07, 6.45) is -1.96. The average Bonchev–Trinajstić information content (AvgIpc) is 2.91. The second kappa shape index (κ2) is 14.7. The van der Waals surface area contributed by atoms with Gasteiger partial charge in [-0.15, -0.1) is 13.2 Å². The number of thioether (sulfide) groups is 1. The number of aryl methyl sites for hydroxylation is 2. The van der Waals surface area contributed by atoms with Crippen LogP contribution in [0.5, 0.6) is 5.75 Å². The van der Waals surface area contributed by atoms with E-state index < -0.39 is 12.3 Å². The van der Waals surface area contributed by atoms with Gasteiger partial charge in [-0.25, -0.2) is 15.0 Å². The van der Waals surface area contributed by atoms with Crippen LogP contribution in [0, 0.1) is 13.8 Å². The number of ether oxygens (including phenoxy) is 2. The van der Waals surface area contributed by atoms with Crippen LogP contribution in [0.4, 0.5) is 24.5 Å². The molecule has 0 aliphatic carbocycles. The molecule has 3 aromatic carbocycles. The summed E-state index contributed by atoms with van der Waals surface area (Å²) in [4.78, 5) is 23.9. The molecular formula is C28H27F3N6O3S. The van der Waals surface area contributed by atoms with E-state index in [1.807, 2.05) is 32.0 Å². The van der Waals surface area contributed by atoms with E-state index in [1.54, 1.807) is 30.5 Å². The molecule has 3 N–H and O–H groups in total. The van der Waals surface area contributed by atoms with Gasteiger partial charge >= 0.3 is 12.3 Å². The molecule has 0 spiro atoms. The maximum atomic E-state index is 12.3. The maximum Gasteiger partial charge on any atom is 0.573 e.